The Balaban J connectivity index is 2.47. The molecule has 0 aromatic heterocycles. The molecule has 0 bridgehead atoms. The number of fused-ring (bicyclic) bond motifs is 1. The molecule has 2 aliphatic heterocycles. The van der Waals surface area contributed by atoms with Crippen LogP contribution in [0, 0.1) is 0 Å². The predicted molar refractivity (Wildman–Crippen MR) is 49.2 cm³/mol. The van der Waals surface area contributed by atoms with Gasteiger partial charge >= 0.3 is 0 Å². The second-order valence-electron chi connectivity index (χ2n) is 2.68. The summed E-state index contributed by atoms with van der Waals surface area (Å²) in [6.07, 6.45) is 3.82. The van der Waals surface area contributed by atoms with Gasteiger partial charge in [-0.2, -0.15) is 5.10 Å². The number of rotatable bonds is 0. The maximum atomic E-state index is 6.01. The van der Waals surface area contributed by atoms with Crippen molar-refractivity contribution in [3.8, 4) is 0 Å². The predicted octanol–water partition coefficient (Wildman–Crippen LogP) is 1.72. The van der Waals surface area contributed by atoms with E-state index in [0.717, 1.165) is 17.2 Å². The van der Waals surface area contributed by atoms with Gasteiger partial charge in [-0.15, -0.1) is 0 Å². The van der Waals surface area contributed by atoms with Crippen molar-refractivity contribution in [1.29, 1.82) is 0 Å². The van der Waals surface area contributed by atoms with Gasteiger partial charge in [0, 0.05) is 6.20 Å². The van der Waals surface area contributed by atoms with Crippen LogP contribution in [0.1, 0.15) is 6.92 Å². The molecule has 0 radical (unpaired) electrons. The first-order valence-electron chi connectivity index (χ1n) is 3.57. The fourth-order valence-electron chi connectivity index (χ4n) is 1.10. The lowest BCUT2D eigenvalue weighted by Crippen LogP contribution is -2.24. The van der Waals surface area contributed by atoms with Crippen LogP contribution in [-0.4, -0.2) is 10.7 Å². The summed E-state index contributed by atoms with van der Waals surface area (Å²) < 4.78 is 0. The average molecular weight is 182 g/mol. The molecule has 62 valence electrons. The average Bonchev–Trinajstić information content (AvgIpc) is 2.41. The van der Waals surface area contributed by atoms with Crippen LogP contribution in [0.3, 0.4) is 0 Å². The SMILES string of the molecule is C=C1NN=C2C(Cl)=C(C)C=CN12. The van der Waals surface area contributed by atoms with E-state index in [4.69, 9.17) is 11.6 Å². The minimum absolute atomic E-state index is 0.670. The molecule has 0 amide bonds. The van der Waals surface area contributed by atoms with Crippen molar-refractivity contribution in [3.63, 3.8) is 0 Å². The van der Waals surface area contributed by atoms with E-state index >= 15 is 0 Å². The monoisotopic (exact) mass is 181 g/mol. The fourth-order valence-corrected chi connectivity index (χ4v) is 1.30. The number of amidine groups is 1. The maximum absolute atomic E-state index is 6.01. The molecule has 0 saturated heterocycles. The lowest BCUT2D eigenvalue weighted by Gasteiger charge is -2.19. The Morgan fingerprint density at radius 2 is 2.42 bits per heavy atom. The van der Waals surface area contributed by atoms with Crippen LogP contribution in [0.5, 0.6) is 0 Å². The molecule has 0 aromatic rings. The van der Waals surface area contributed by atoms with Crippen molar-refractivity contribution in [1.82, 2.24) is 10.3 Å². The Kier molecular flexibility index (Phi) is 1.48. The Morgan fingerprint density at radius 1 is 1.67 bits per heavy atom. The molecule has 0 aromatic carbocycles. The maximum Gasteiger partial charge on any atom is 0.177 e. The minimum Gasteiger partial charge on any atom is -0.284 e. The zero-order chi connectivity index (χ0) is 8.72. The van der Waals surface area contributed by atoms with Gasteiger partial charge in [-0.05, 0) is 18.6 Å². The van der Waals surface area contributed by atoms with Gasteiger partial charge in [0.15, 0.2) is 5.84 Å². The quantitative estimate of drug-likeness (QED) is 0.616. The minimum atomic E-state index is 0.670. The van der Waals surface area contributed by atoms with Gasteiger partial charge in [-0.25, -0.2) is 0 Å². The van der Waals surface area contributed by atoms with Gasteiger partial charge in [0.2, 0.25) is 0 Å². The van der Waals surface area contributed by atoms with Gasteiger partial charge in [0.05, 0.1) is 5.03 Å². The molecule has 1 N–H and O–H groups in total. The Labute approximate surface area is 75.7 Å². The van der Waals surface area contributed by atoms with Crippen molar-refractivity contribution in [2.45, 2.75) is 6.92 Å². The summed E-state index contributed by atoms with van der Waals surface area (Å²) in [6, 6.07) is 0. The largest absolute Gasteiger partial charge is 0.284 e. The highest BCUT2D eigenvalue weighted by molar-refractivity contribution is 6.44. The standard InChI is InChI=1S/C8H8ClN3/c1-5-3-4-12-6(2)10-11-8(12)7(5)9/h3-4,10H,2H2,1H3. The second-order valence-corrected chi connectivity index (χ2v) is 3.05. The molecule has 12 heavy (non-hydrogen) atoms. The third kappa shape index (κ3) is 0.865. The summed E-state index contributed by atoms with van der Waals surface area (Å²) in [6.45, 7) is 5.71. The zero-order valence-electron chi connectivity index (χ0n) is 6.63. The molecule has 0 aliphatic carbocycles. The van der Waals surface area contributed by atoms with E-state index in [9.17, 15) is 0 Å². The van der Waals surface area contributed by atoms with Gasteiger partial charge in [-0.3, -0.25) is 10.3 Å². The van der Waals surface area contributed by atoms with E-state index in [-0.39, 0.29) is 0 Å². The van der Waals surface area contributed by atoms with Crippen LogP contribution in [0.2, 0.25) is 0 Å². The van der Waals surface area contributed by atoms with Crippen molar-refractivity contribution >= 4 is 17.4 Å². The van der Waals surface area contributed by atoms with Gasteiger partial charge in [0.25, 0.3) is 0 Å². The topological polar surface area (TPSA) is 27.6 Å². The highest BCUT2D eigenvalue weighted by Crippen LogP contribution is 2.25. The molecule has 4 heteroatoms. The van der Waals surface area contributed by atoms with E-state index in [1.54, 1.807) is 0 Å². The van der Waals surface area contributed by atoms with Crippen LogP contribution in [0.4, 0.5) is 0 Å². The first-order valence-corrected chi connectivity index (χ1v) is 3.95. The van der Waals surface area contributed by atoms with Crippen molar-refractivity contribution in [2.24, 2.45) is 5.10 Å². The summed E-state index contributed by atoms with van der Waals surface area (Å²) in [5.74, 6) is 1.45. The lowest BCUT2D eigenvalue weighted by molar-refractivity contribution is 0.669. The van der Waals surface area contributed by atoms with E-state index in [0.29, 0.717) is 5.03 Å². The van der Waals surface area contributed by atoms with Crippen LogP contribution < -0.4 is 5.43 Å². The van der Waals surface area contributed by atoms with Crippen LogP contribution in [-0.2, 0) is 0 Å². The lowest BCUT2D eigenvalue weighted by atomic mass is 10.2. The molecule has 0 unspecified atom stereocenters. The van der Waals surface area contributed by atoms with Crippen molar-refractivity contribution in [2.75, 3.05) is 0 Å². The second kappa shape index (κ2) is 2.38. The molecule has 3 nitrogen and oxygen atoms in total. The summed E-state index contributed by atoms with van der Waals surface area (Å²) in [4.78, 5) is 1.81. The number of hydrogen-bond donors (Lipinski definition) is 1. The summed E-state index contributed by atoms with van der Waals surface area (Å²) in [5, 5.41) is 4.69. The van der Waals surface area contributed by atoms with Crippen molar-refractivity contribution in [3.05, 3.63) is 35.3 Å². The van der Waals surface area contributed by atoms with E-state index in [1.807, 2.05) is 24.1 Å². The smallest absolute Gasteiger partial charge is 0.177 e. The number of hydrogen-bond acceptors (Lipinski definition) is 3. The first kappa shape index (κ1) is 7.43. The number of allylic oxidation sites excluding steroid dienone is 2. The molecular formula is C8H8ClN3. The molecule has 2 aliphatic rings. The van der Waals surface area contributed by atoms with Crippen molar-refractivity contribution < 1.29 is 0 Å². The Bertz CT molecular complexity index is 338. The summed E-state index contributed by atoms with van der Waals surface area (Å²) >= 11 is 6.01. The van der Waals surface area contributed by atoms with Crippen LogP contribution in [0.25, 0.3) is 0 Å². The van der Waals surface area contributed by atoms with E-state index < -0.39 is 0 Å². The molecule has 0 atom stereocenters. The zero-order valence-corrected chi connectivity index (χ0v) is 7.39. The number of nitrogens with one attached hydrogen (secondary N) is 1. The Morgan fingerprint density at radius 3 is 3.17 bits per heavy atom. The number of halogens is 1. The molecule has 0 fully saturated rings. The molecule has 0 saturated carbocycles. The highest BCUT2D eigenvalue weighted by atomic mass is 35.5. The fraction of sp³-hybridized carbons (Fsp3) is 0.125. The number of hydrazone groups is 1. The van der Waals surface area contributed by atoms with E-state index in [2.05, 4.69) is 17.1 Å². The third-order valence-electron chi connectivity index (χ3n) is 1.83. The van der Waals surface area contributed by atoms with Gasteiger partial charge in [0.1, 0.15) is 5.82 Å². The van der Waals surface area contributed by atoms with Gasteiger partial charge in [-0.1, -0.05) is 18.2 Å². The summed E-state index contributed by atoms with van der Waals surface area (Å²) in [5.41, 5.74) is 3.78. The normalized spacial score (nSPS) is 21.0. The Hall–Kier alpha value is -1.22. The molecule has 2 rings (SSSR count). The molecule has 2 heterocycles. The molecular weight excluding hydrogens is 174 g/mol. The van der Waals surface area contributed by atoms with Crippen LogP contribution in [0.15, 0.2) is 40.4 Å². The van der Waals surface area contributed by atoms with Crippen LogP contribution >= 0.6 is 11.6 Å². The highest BCUT2D eigenvalue weighted by Gasteiger charge is 2.24. The number of nitrogens with zero attached hydrogens (tertiary/aromatic N) is 2. The van der Waals surface area contributed by atoms with E-state index in [1.165, 1.54) is 0 Å². The third-order valence-corrected chi connectivity index (χ3v) is 2.29. The first-order chi connectivity index (χ1) is 5.70. The van der Waals surface area contributed by atoms with Gasteiger partial charge < -0.3 is 0 Å². The summed E-state index contributed by atoms with van der Waals surface area (Å²) in [7, 11) is 0. The molecule has 0 spiro atoms.